The second-order valence-electron chi connectivity index (χ2n) is 4.47. The molecule has 17 heavy (non-hydrogen) atoms. The van der Waals surface area contributed by atoms with Gasteiger partial charge in [0.2, 0.25) is 0 Å². The third kappa shape index (κ3) is 3.14. The third-order valence-electron chi connectivity index (χ3n) is 3.24. The van der Waals surface area contributed by atoms with Crippen LogP contribution < -0.4 is 5.73 Å². The van der Waals surface area contributed by atoms with Gasteiger partial charge in [-0.2, -0.15) is 23.5 Å². The van der Waals surface area contributed by atoms with Crippen molar-refractivity contribution in [1.29, 1.82) is 0 Å². The number of hydrogen-bond acceptors (Lipinski definition) is 3. The maximum absolute atomic E-state index is 6.36. The van der Waals surface area contributed by atoms with E-state index in [-0.39, 0.29) is 6.04 Å². The second-order valence-corrected chi connectivity index (χ2v) is 7.90. The van der Waals surface area contributed by atoms with E-state index in [1.165, 1.54) is 0 Å². The van der Waals surface area contributed by atoms with Gasteiger partial charge in [-0.15, -0.1) is 0 Å². The minimum absolute atomic E-state index is 0.0381. The van der Waals surface area contributed by atoms with Crippen LogP contribution in [0.25, 0.3) is 0 Å². The number of nitrogens with two attached hydrogens (primary N) is 1. The Morgan fingerprint density at radius 2 is 2.00 bits per heavy atom. The Bertz CT molecular complexity index is 385. The first kappa shape index (κ1) is 13.6. The Hall–Kier alpha value is 0.170. The SMILES string of the molecule is CC1SCC(C(N)c2ccccc2Cl)SC1C. The summed E-state index contributed by atoms with van der Waals surface area (Å²) < 4.78 is 0. The van der Waals surface area contributed by atoms with Gasteiger partial charge in [-0.3, -0.25) is 0 Å². The first-order chi connectivity index (χ1) is 8.09. The van der Waals surface area contributed by atoms with Crippen molar-refractivity contribution in [2.24, 2.45) is 5.73 Å². The van der Waals surface area contributed by atoms with Crippen LogP contribution in [0, 0.1) is 0 Å². The van der Waals surface area contributed by atoms with E-state index in [0.29, 0.717) is 10.5 Å². The summed E-state index contributed by atoms with van der Waals surface area (Å²) in [5.74, 6) is 1.11. The summed E-state index contributed by atoms with van der Waals surface area (Å²) in [6.07, 6.45) is 0. The molecular formula is C13H18ClNS2. The van der Waals surface area contributed by atoms with Crippen molar-refractivity contribution in [3.63, 3.8) is 0 Å². The van der Waals surface area contributed by atoms with Crippen molar-refractivity contribution in [1.82, 2.24) is 0 Å². The molecule has 4 heteroatoms. The maximum atomic E-state index is 6.36. The molecule has 1 aliphatic rings. The Morgan fingerprint density at radius 3 is 2.65 bits per heavy atom. The predicted octanol–water partition coefficient (Wildman–Crippen LogP) is 3.97. The highest BCUT2D eigenvalue weighted by atomic mass is 35.5. The topological polar surface area (TPSA) is 26.0 Å². The van der Waals surface area contributed by atoms with E-state index in [9.17, 15) is 0 Å². The molecule has 0 aromatic heterocycles. The van der Waals surface area contributed by atoms with Gasteiger partial charge in [0.15, 0.2) is 0 Å². The van der Waals surface area contributed by atoms with Crippen LogP contribution in [-0.2, 0) is 0 Å². The molecule has 0 aliphatic carbocycles. The number of benzene rings is 1. The summed E-state index contributed by atoms with van der Waals surface area (Å²) in [7, 11) is 0. The average Bonchev–Trinajstić information content (AvgIpc) is 2.32. The van der Waals surface area contributed by atoms with Crippen LogP contribution >= 0.6 is 35.1 Å². The molecule has 1 fully saturated rings. The molecule has 94 valence electrons. The molecule has 1 nitrogen and oxygen atoms in total. The average molecular weight is 288 g/mol. The molecule has 1 saturated heterocycles. The molecule has 0 radical (unpaired) electrons. The second kappa shape index (κ2) is 5.87. The molecule has 0 amide bonds. The van der Waals surface area contributed by atoms with Crippen LogP contribution in [0.2, 0.25) is 5.02 Å². The zero-order valence-electron chi connectivity index (χ0n) is 10.1. The summed E-state index contributed by atoms with van der Waals surface area (Å²) in [4.78, 5) is 0. The van der Waals surface area contributed by atoms with Crippen molar-refractivity contribution in [3.05, 3.63) is 34.9 Å². The summed E-state index contributed by atoms with van der Waals surface area (Å²) in [6.45, 7) is 4.58. The molecule has 0 saturated carbocycles. The van der Waals surface area contributed by atoms with Crippen molar-refractivity contribution < 1.29 is 0 Å². The Balaban J connectivity index is 2.10. The number of hydrogen-bond donors (Lipinski definition) is 1. The minimum atomic E-state index is 0.0381. The summed E-state index contributed by atoms with van der Waals surface area (Å²) in [6, 6.07) is 7.96. The number of thioether (sulfide) groups is 2. The molecule has 0 bridgehead atoms. The summed E-state index contributed by atoms with van der Waals surface area (Å²) in [5.41, 5.74) is 7.44. The van der Waals surface area contributed by atoms with Crippen molar-refractivity contribution >= 4 is 35.1 Å². The Labute approximate surface area is 117 Å². The largest absolute Gasteiger partial charge is 0.323 e. The smallest absolute Gasteiger partial charge is 0.0454 e. The standard InChI is InChI=1S/C13H18ClNS2/c1-8-9(2)17-12(7-16-8)13(15)10-5-3-4-6-11(10)14/h3-6,8-9,12-13H,7,15H2,1-2H3. The molecule has 1 heterocycles. The van der Waals surface area contributed by atoms with Gasteiger partial charge in [0, 0.05) is 32.6 Å². The zero-order chi connectivity index (χ0) is 12.4. The van der Waals surface area contributed by atoms with Gasteiger partial charge < -0.3 is 5.73 Å². The van der Waals surface area contributed by atoms with Gasteiger partial charge in [-0.25, -0.2) is 0 Å². The molecular weight excluding hydrogens is 270 g/mol. The first-order valence-corrected chi connectivity index (χ1v) is 8.23. The molecule has 0 spiro atoms. The lowest BCUT2D eigenvalue weighted by Crippen LogP contribution is -2.34. The molecule has 4 atom stereocenters. The lowest BCUT2D eigenvalue weighted by atomic mass is 10.1. The van der Waals surface area contributed by atoms with E-state index in [1.807, 2.05) is 47.8 Å². The van der Waals surface area contributed by atoms with Gasteiger partial charge in [0.05, 0.1) is 0 Å². The molecule has 1 aliphatic heterocycles. The first-order valence-electron chi connectivity index (χ1n) is 5.86. The number of halogens is 1. The molecule has 1 aromatic carbocycles. The molecule has 2 rings (SSSR count). The van der Waals surface area contributed by atoms with E-state index in [0.717, 1.165) is 21.6 Å². The normalized spacial score (nSPS) is 31.2. The highest BCUT2D eigenvalue weighted by molar-refractivity contribution is 8.07. The number of rotatable bonds is 2. The van der Waals surface area contributed by atoms with Gasteiger partial charge in [-0.1, -0.05) is 43.6 Å². The van der Waals surface area contributed by atoms with Crippen molar-refractivity contribution in [2.45, 2.75) is 35.6 Å². The molecule has 2 N–H and O–H groups in total. The highest BCUT2D eigenvalue weighted by Gasteiger charge is 2.30. The van der Waals surface area contributed by atoms with Gasteiger partial charge in [0.1, 0.15) is 0 Å². The quantitative estimate of drug-likeness (QED) is 0.891. The summed E-state index contributed by atoms with van der Waals surface area (Å²) in [5, 5.41) is 2.63. The van der Waals surface area contributed by atoms with Crippen LogP contribution in [0.3, 0.4) is 0 Å². The van der Waals surface area contributed by atoms with Crippen LogP contribution in [-0.4, -0.2) is 21.5 Å². The fourth-order valence-electron chi connectivity index (χ4n) is 1.94. The fraction of sp³-hybridized carbons (Fsp3) is 0.538. The molecule has 4 unspecified atom stereocenters. The Kier molecular flexibility index (Phi) is 4.70. The van der Waals surface area contributed by atoms with Gasteiger partial charge in [0.25, 0.3) is 0 Å². The van der Waals surface area contributed by atoms with E-state index in [4.69, 9.17) is 17.3 Å². The van der Waals surface area contributed by atoms with Crippen LogP contribution in [0.5, 0.6) is 0 Å². The van der Waals surface area contributed by atoms with E-state index in [1.54, 1.807) is 0 Å². The van der Waals surface area contributed by atoms with E-state index >= 15 is 0 Å². The highest BCUT2D eigenvalue weighted by Crippen LogP contribution is 2.41. The Morgan fingerprint density at radius 1 is 1.29 bits per heavy atom. The van der Waals surface area contributed by atoms with Gasteiger partial charge in [-0.05, 0) is 11.6 Å². The van der Waals surface area contributed by atoms with Crippen LogP contribution in [0.15, 0.2) is 24.3 Å². The van der Waals surface area contributed by atoms with Crippen LogP contribution in [0.4, 0.5) is 0 Å². The lowest BCUT2D eigenvalue weighted by Gasteiger charge is -2.34. The van der Waals surface area contributed by atoms with Crippen molar-refractivity contribution in [3.8, 4) is 0 Å². The van der Waals surface area contributed by atoms with Gasteiger partial charge >= 0.3 is 0 Å². The van der Waals surface area contributed by atoms with E-state index in [2.05, 4.69) is 13.8 Å². The minimum Gasteiger partial charge on any atom is -0.323 e. The zero-order valence-corrected chi connectivity index (χ0v) is 12.5. The predicted molar refractivity (Wildman–Crippen MR) is 81.1 cm³/mol. The maximum Gasteiger partial charge on any atom is 0.0454 e. The molecule has 1 aromatic rings. The third-order valence-corrected chi connectivity index (χ3v) is 7.10. The van der Waals surface area contributed by atoms with E-state index < -0.39 is 0 Å². The van der Waals surface area contributed by atoms with Crippen molar-refractivity contribution in [2.75, 3.05) is 5.75 Å². The fourth-order valence-corrected chi connectivity index (χ4v) is 5.24. The van der Waals surface area contributed by atoms with Crippen LogP contribution in [0.1, 0.15) is 25.5 Å². The lowest BCUT2D eigenvalue weighted by molar-refractivity contribution is 0.708. The monoisotopic (exact) mass is 287 g/mol. The summed E-state index contributed by atoms with van der Waals surface area (Å²) >= 11 is 10.2.